The van der Waals surface area contributed by atoms with Crippen LogP contribution in [0, 0.1) is 0 Å². The van der Waals surface area contributed by atoms with Crippen molar-refractivity contribution in [1.29, 1.82) is 0 Å². The lowest BCUT2D eigenvalue weighted by Gasteiger charge is -2.30. The SMILES string of the molecule is CC(C)(C)N(S)C(=O)Nc1ccc2ncc(-c3ccccc3)nc2n1. The van der Waals surface area contributed by atoms with Crippen molar-refractivity contribution in [2.75, 3.05) is 5.32 Å². The van der Waals surface area contributed by atoms with Crippen LogP contribution in [0.4, 0.5) is 10.6 Å². The molecule has 3 rings (SSSR count). The second-order valence-corrected chi connectivity index (χ2v) is 6.97. The molecule has 0 aliphatic carbocycles. The molecular formula is C18H19N5OS. The number of pyridine rings is 1. The van der Waals surface area contributed by atoms with Gasteiger partial charge in [-0.2, -0.15) is 0 Å². The molecular weight excluding hydrogens is 334 g/mol. The van der Waals surface area contributed by atoms with Crippen LogP contribution in [0.25, 0.3) is 22.4 Å². The Morgan fingerprint density at radius 3 is 2.48 bits per heavy atom. The van der Waals surface area contributed by atoms with E-state index in [1.165, 1.54) is 4.31 Å². The number of aromatic nitrogens is 3. The van der Waals surface area contributed by atoms with Crippen LogP contribution in [0.1, 0.15) is 20.8 Å². The fourth-order valence-electron chi connectivity index (χ4n) is 2.18. The Kier molecular flexibility index (Phi) is 4.59. The molecule has 2 heterocycles. The highest BCUT2D eigenvalue weighted by Crippen LogP contribution is 2.20. The van der Waals surface area contributed by atoms with Gasteiger partial charge in [-0.25, -0.2) is 14.8 Å². The highest BCUT2D eigenvalue weighted by atomic mass is 32.1. The van der Waals surface area contributed by atoms with Crippen molar-refractivity contribution in [3.8, 4) is 11.3 Å². The van der Waals surface area contributed by atoms with Crippen molar-refractivity contribution < 1.29 is 4.79 Å². The number of fused-ring (bicyclic) bond motifs is 1. The average molecular weight is 353 g/mol. The van der Waals surface area contributed by atoms with Crippen LogP contribution < -0.4 is 5.32 Å². The second-order valence-electron chi connectivity index (χ2n) is 6.57. The summed E-state index contributed by atoms with van der Waals surface area (Å²) in [6, 6.07) is 12.9. The quantitative estimate of drug-likeness (QED) is 0.678. The molecule has 7 heteroatoms. The van der Waals surface area contributed by atoms with Crippen molar-refractivity contribution in [2.24, 2.45) is 0 Å². The maximum Gasteiger partial charge on any atom is 0.333 e. The summed E-state index contributed by atoms with van der Waals surface area (Å²) in [6.07, 6.45) is 1.71. The predicted molar refractivity (Wildman–Crippen MR) is 102 cm³/mol. The predicted octanol–water partition coefficient (Wildman–Crippen LogP) is 4.17. The Balaban J connectivity index is 1.90. The number of carbonyl (C=O) groups excluding carboxylic acids is 1. The number of anilines is 1. The topological polar surface area (TPSA) is 71.0 Å². The summed E-state index contributed by atoms with van der Waals surface area (Å²) in [5, 5.41) is 2.73. The van der Waals surface area contributed by atoms with E-state index < -0.39 is 5.54 Å². The largest absolute Gasteiger partial charge is 0.333 e. The standard InChI is InChI=1S/C18H19N5OS/c1-18(2,3)23(25)17(24)22-15-10-9-13-16(21-15)20-14(11-19-13)12-7-5-4-6-8-12/h4-11,25H,1-3H3,(H,20,21,22,24). The Morgan fingerprint density at radius 1 is 1.08 bits per heavy atom. The van der Waals surface area contributed by atoms with E-state index in [0.717, 1.165) is 11.3 Å². The van der Waals surface area contributed by atoms with E-state index in [1.54, 1.807) is 18.3 Å². The molecule has 2 aromatic heterocycles. The second kappa shape index (κ2) is 6.68. The highest BCUT2D eigenvalue weighted by molar-refractivity contribution is 7.78. The molecule has 0 radical (unpaired) electrons. The zero-order valence-corrected chi connectivity index (χ0v) is 15.2. The van der Waals surface area contributed by atoms with Gasteiger partial charge in [-0.05, 0) is 32.9 Å². The minimum absolute atomic E-state index is 0.352. The smallest absolute Gasteiger partial charge is 0.291 e. The molecule has 1 N–H and O–H groups in total. The lowest BCUT2D eigenvalue weighted by Crippen LogP contribution is -2.41. The maximum absolute atomic E-state index is 12.2. The molecule has 0 saturated carbocycles. The van der Waals surface area contributed by atoms with Crippen LogP contribution in [0.5, 0.6) is 0 Å². The van der Waals surface area contributed by atoms with Gasteiger partial charge in [-0.3, -0.25) is 14.6 Å². The number of hydrogen-bond acceptors (Lipinski definition) is 5. The molecule has 0 spiro atoms. The van der Waals surface area contributed by atoms with Gasteiger partial charge in [0.15, 0.2) is 5.65 Å². The third-order valence-corrected chi connectivity index (χ3v) is 4.32. The molecule has 6 nitrogen and oxygen atoms in total. The molecule has 1 aromatic carbocycles. The van der Waals surface area contributed by atoms with E-state index in [1.807, 2.05) is 51.1 Å². The van der Waals surface area contributed by atoms with Crippen molar-refractivity contribution in [3.05, 3.63) is 48.7 Å². The number of benzene rings is 1. The van der Waals surface area contributed by atoms with E-state index in [4.69, 9.17) is 0 Å². The van der Waals surface area contributed by atoms with Gasteiger partial charge in [0.2, 0.25) is 0 Å². The summed E-state index contributed by atoms with van der Waals surface area (Å²) in [7, 11) is 0. The number of carbonyl (C=O) groups is 1. The van der Waals surface area contributed by atoms with Gasteiger partial charge in [0.1, 0.15) is 11.3 Å². The summed E-state index contributed by atoms with van der Waals surface area (Å²) in [6.45, 7) is 5.68. The van der Waals surface area contributed by atoms with Crippen LogP contribution in [-0.4, -0.2) is 30.8 Å². The zero-order chi connectivity index (χ0) is 18.0. The molecule has 0 aliphatic rings. The molecule has 0 aliphatic heterocycles. The van der Waals surface area contributed by atoms with Gasteiger partial charge < -0.3 is 0 Å². The van der Waals surface area contributed by atoms with Crippen LogP contribution in [-0.2, 0) is 0 Å². The summed E-state index contributed by atoms with van der Waals surface area (Å²) >= 11 is 4.24. The number of nitrogens with one attached hydrogen (secondary N) is 1. The first-order chi connectivity index (χ1) is 11.8. The Bertz CT molecular complexity index is 908. The summed E-state index contributed by atoms with van der Waals surface area (Å²) in [4.78, 5) is 25.6. The molecule has 0 bridgehead atoms. The minimum atomic E-state index is -0.412. The Morgan fingerprint density at radius 2 is 1.80 bits per heavy atom. The Labute approximate surface area is 151 Å². The van der Waals surface area contributed by atoms with Gasteiger partial charge in [-0.1, -0.05) is 43.1 Å². The number of urea groups is 1. The molecule has 0 atom stereocenters. The number of amides is 2. The van der Waals surface area contributed by atoms with E-state index in [0.29, 0.717) is 17.0 Å². The molecule has 3 aromatic rings. The van der Waals surface area contributed by atoms with Gasteiger partial charge in [-0.15, -0.1) is 0 Å². The van der Waals surface area contributed by atoms with Crippen LogP contribution in [0.15, 0.2) is 48.7 Å². The lowest BCUT2D eigenvalue weighted by molar-refractivity contribution is 0.216. The summed E-state index contributed by atoms with van der Waals surface area (Å²) < 4.78 is 1.32. The monoisotopic (exact) mass is 353 g/mol. The summed E-state index contributed by atoms with van der Waals surface area (Å²) in [5.74, 6) is 0.403. The first-order valence-electron chi connectivity index (χ1n) is 7.84. The first kappa shape index (κ1) is 17.2. The average Bonchev–Trinajstić information content (AvgIpc) is 2.60. The summed E-state index contributed by atoms with van der Waals surface area (Å²) in [5.41, 5.74) is 2.42. The molecule has 2 amide bonds. The third-order valence-electron chi connectivity index (χ3n) is 3.54. The normalized spacial score (nSPS) is 11.4. The van der Waals surface area contributed by atoms with Gasteiger partial charge in [0, 0.05) is 11.1 Å². The Hall–Kier alpha value is -2.67. The fraction of sp³-hybridized carbons (Fsp3) is 0.222. The number of thiol groups is 1. The third kappa shape index (κ3) is 3.88. The molecule has 128 valence electrons. The van der Waals surface area contributed by atoms with E-state index in [2.05, 4.69) is 33.1 Å². The van der Waals surface area contributed by atoms with Crippen LogP contribution in [0.3, 0.4) is 0 Å². The lowest BCUT2D eigenvalue weighted by atomic mass is 10.1. The van der Waals surface area contributed by atoms with Crippen molar-refractivity contribution in [1.82, 2.24) is 19.3 Å². The maximum atomic E-state index is 12.2. The molecule has 0 fully saturated rings. The zero-order valence-electron chi connectivity index (χ0n) is 14.3. The minimum Gasteiger partial charge on any atom is -0.291 e. The molecule has 25 heavy (non-hydrogen) atoms. The van der Waals surface area contributed by atoms with Crippen molar-refractivity contribution >= 4 is 35.8 Å². The first-order valence-corrected chi connectivity index (χ1v) is 8.24. The van der Waals surface area contributed by atoms with E-state index in [9.17, 15) is 4.79 Å². The van der Waals surface area contributed by atoms with Crippen LogP contribution in [0.2, 0.25) is 0 Å². The van der Waals surface area contributed by atoms with Crippen molar-refractivity contribution in [3.63, 3.8) is 0 Å². The van der Waals surface area contributed by atoms with Gasteiger partial charge >= 0.3 is 6.03 Å². The number of rotatable bonds is 2. The molecule has 0 saturated heterocycles. The highest BCUT2D eigenvalue weighted by Gasteiger charge is 2.24. The number of nitrogens with zero attached hydrogens (tertiary/aromatic N) is 4. The molecule has 0 unspecified atom stereocenters. The van der Waals surface area contributed by atoms with Gasteiger partial charge in [0.05, 0.1) is 11.9 Å². The van der Waals surface area contributed by atoms with Crippen molar-refractivity contribution in [2.45, 2.75) is 26.3 Å². The van der Waals surface area contributed by atoms with E-state index >= 15 is 0 Å². The van der Waals surface area contributed by atoms with Crippen LogP contribution >= 0.6 is 12.8 Å². The van der Waals surface area contributed by atoms with E-state index in [-0.39, 0.29) is 6.03 Å². The fourth-order valence-corrected chi connectivity index (χ4v) is 2.23. The number of hydrogen-bond donors (Lipinski definition) is 2. The van der Waals surface area contributed by atoms with Gasteiger partial charge in [0.25, 0.3) is 0 Å².